The minimum atomic E-state index is -3.31. The molecule has 2 aromatic carbocycles. The summed E-state index contributed by atoms with van der Waals surface area (Å²) < 4.78 is 26.8. The lowest BCUT2D eigenvalue weighted by molar-refractivity contribution is 0.529. The van der Waals surface area contributed by atoms with E-state index in [1.54, 1.807) is 29.5 Å². The molecule has 3 aromatic rings. The van der Waals surface area contributed by atoms with Gasteiger partial charge >= 0.3 is 0 Å². The zero-order chi connectivity index (χ0) is 21.8. The zero-order valence-corrected chi connectivity index (χ0v) is 20.8. The van der Waals surface area contributed by atoms with Crippen LogP contribution in [0.25, 0.3) is 0 Å². The molecule has 4 nitrogen and oxygen atoms in total. The van der Waals surface area contributed by atoms with Crippen LogP contribution in [0.4, 0.5) is 5.13 Å². The zero-order valence-electron chi connectivity index (χ0n) is 17.6. The van der Waals surface area contributed by atoms with E-state index >= 15 is 0 Å². The largest absolute Gasteiger partial charge is 0.348 e. The third-order valence-electron chi connectivity index (χ3n) is 5.76. The maximum Gasteiger partial charge on any atom is 0.185 e. The third kappa shape index (κ3) is 5.38. The van der Waals surface area contributed by atoms with Gasteiger partial charge in [-0.25, -0.2) is 13.4 Å². The Morgan fingerprint density at radius 1 is 1.10 bits per heavy atom. The van der Waals surface area contributed by atoms with E-state index in [1.165, 1.54) is 11.1 Å². The minimum Gasteiger partial charge on any atom is -0.348 e. The Morgan fingerprint density at radius 3 is 2.48 bits per heavy atom. The lowest BCUT2D eigenvalue weighted by atomic mass is 10.1. The second-order valence-electron chi connectivity index (χ2n) is 8.05. The summed E-state index contributed by atoms with van der Waals surface area (Å²) in [5.74, 6) is 0. The fourth-order valence-electron chi connectivity index (χ4n) is 4.04. The van der Waals surface area contributed by atoms with Crippen molar-refractivity contribution >= 4 is 42.2 Å². The summed E-state index contributed by atoms with van der Waals surface area (Å²) >= 11 is 5.03. The van der Waals surface area contributed by atoms with Crippen molar-refractivity contribution in [2.24, 2.45) is 0 Å². The first-order valence-corrected chi connectivity index (χ1v) is 13.9. The standard InChI is InChI=1S/C24H27BrN2O2S2/c1-2-4-18-7-9-19(10-8-18)15-21-17-30-24(26-21)27-13-11-22(12-14-27)31(28,29)23-6-3-5-20(25)16-23/h3,5-10,16-17,22H,2,4,11-15H2,1H3. The summed E-state index contributed by atoms with van der Waals surface area (Å²) in [6.45, 7) is 3.64. The van der Waals surface area contributed by atoms with Crippen molar-refractivity contribution in [1.29, 1.82) is 0 Å². The van der Waals surface area contributed by atoms with E-state index in [9.17, 15) is 8.42 Å². The Balaban J connectivity index is 1.37. The highest BCUT2D eigenvalue weighted by Gasteiger charge is 2.32. The molecule has 0 unspecified atom stereocenters. The van der Waals surface area contributed by atoms with Gasteiger partial charge in [0.15, 0.2) is 15.0 Å². The average molecular weight is 520 g/mol. The molecular weight excluding hydrogens is 492 g/mol. The summed E-state index contributed by atoms with van der Waals surface area (Å²) in [5, 5.41) is 2.79. The summed E-state index contributed by atoms with van der Waals surface area (Å²) in [7, 11) is -3.31. The third-order valence-corrected chi connectivity index (χ3v) is 9.47. The van der Waals surface area contributed by atoms with Crippen LogP contribution >= 0.6 is 27.3 Å². The maximum absolute atomic E-state index is 13.0. The van der Waals surface area contributed by atoms with Crippen LogP contribution in [0, 0.1) is 0 Å². The number of hydrogen-bond donors (Lipinski definition) is 0. The summed E-state index contributed by atoms with van der Waals surface area (Å²) in [5.41, 5.74) is 3.73. The molecule has 1 aliphatic heterocycles. The Labute approximate surface area is 197 Å². The molecule has 0 amide bonds. The van der Waals surface area contributed by atoms with Crippen molar-refractivity contribution < 1.29 is 8.42 Å². The molecule has 0 saturated carbocycles. The molecule has 1 saturated heterocycles. The predicted molar refractivity (Wildman–Crippen MR) is 132 cm³/mol. The van der Waals surface area contributed by atoms with E-state index < -0.39 is 9.84 Å². The van der Waals surface area contributed by atoms with Gasteiger partial charge in [-0.1, -0.05) is 59.6 Å². The van der Waals surface area contributed by atoms with Crippen LogP contribution in [-0.2, 0) is 22.7 Å². The fourth-order valence-corrected chi connectivity index (χ4v) is 7.24. The molecule has 1 aromatic heterocycles. The van der Waals surface area contributed by atoms with Gasteiger partial charge in [-0.2, -0.15) is 0 Å². The highest BCUT2D eigenvalue weighted by molar-refractivity contribution is 9.10. The highest BCUT2D eigenvalue weighted by Crippen LogP contribution is 2.30. The van der Waals surface area contributed by atoms with Gasteiger partial charge in [0, 0.05) is 29.4 Å². The molecule has 0 spiro atoms. The van der Waals surface area contributed by atoms with Crippen LogP contribution in [0.15, 0.2) is 63.3 Å². The Kier molecular flexibility index (Phi) is 7.14. The molecule has 0 atom stereocenters. The van der Waals surface area contributed by atoms with Gasteiger partial charge in [-0.05, 0) is 48.6 Å². The number of hydrogen-bond acceptors (Lipinski definition) is 5. The van der Waals surface area contributed by atoms with Gasteiger partial charge in [0.1, 0.15) is 0 Å². The van der Waals surface area contributed by atoms with Crippen molar-refractivity contribution in [2.75, 3.05) is 18.0 Å². The van der Waals surface area contributed by atoms with Gasteiger partial charge in [0.25, 0.3) is 0 Å². The fraction of sp³-hybridized carbons (Fsp3) is 0.375. The van der Waals surface area contributed by atoms with E-state index in [2.05, 4.69) is 57.4 Å². The van der Waals surface area contributed by atoms with E-state index in [0.717, 1.165) is 47.7 Å². The molecule has 1 fully saturated rings. The molecule has 1 aliphatic rings. The molecular formula is C24H27BrN2O2S2. The van der Waals surface area contributed by atoms with Crippen LogP contribution in [0.3, 0.4) is 0 Å². The van der Waals surface area contributed by atoms with Crippen molar-refractivity contribution in [3.63, 3.8) is 0 Å². The van der Waals surface area contributed by atoms with Crippen LogP contribution < -0.4 is 4.90 Å². The maximum atomic E-state index is 13.0. The van der Waals surface area contributed by atoms with Crippen LogP contribution in [-0.4, -0.2) is 31.7 Å². The van der Waals surface area contributed by atoms with Crippen molar-refractivity contribution in [2.45, 2.75) is 49.2 Å². The lowest BCUT2D eigenvalue weighted by Gasteiger charge is -2.31. The molecule has 31 heavy (non-hydrogen) atoms. The van der Waals surface area contributed by atoms with Crippen LogP contribution in [0.1, 0.15) is 43.0 Å². The summed E-state index contributed by atoms with van der Waals surface area (Å²) in [4.78, 5) is 7.47. The van der Waals surface area contributed by atoms with Gasteiger partial charge < -0.3 is 4.90 Å². The van der Waals surface area contributed by atoms with Gasteiger partial charge in [0.2, 0.25) is 0 Å². The van der Waals surface area contributed by atoms with E-state index in [1.807, 2.05) is 6.07 Å². The van der Waals surface area contributed by atoms with Crippen molar-refractivity contribution in [3.8, 4) is 0 Å². The van der Waals surface area contributed by atoms with E-state index in [0.29, 0.717) is 17.7 Å². The number of sulfone groups is 1. The molecule has 0 aliphatic carbocycles. The first kappa shape index (κ1) is 22.5. The minimum absolute atomic E-state index is 0.334. The number of benzene rings is 2. The van der Waals surface area contributed by atoms with Gasteiger partial charge in [0.05, 0.1) is 15.8 Å². The molecule has 0 bridgehead atoms. The first-order valence-electron chi connectivity index (χ1n) is 10.7. The van der Waals surface area contributed by atoms with E-state index in [-0.39, 0.29) is 5.25 Å². The second kappa shape index (κ2) is 9.84. The smallest absolute Gasteiger partial charge is 0.185 e. The highest BCUT2D eigenvalue weighted by atomic mass is 79.9. The topological polar surface area (TPSA) is 50.3 Å². The molecule has 7 heteroatoms. The number of piperidine rings is 1. The van der Waals surface area contributed by atoms with Crippen LogP contribution in [0.2, 0.25) is 0 Å². The van der Waals surface area contributed by atoms with E-state index in [4.69, 9.17) is 4.98 Å². The average Bonchev–Trinajstić information content (AvgIpc) is 3.24. The number of thiazole rings is 1. The monoisotopic (exact) mass is 518 g/mol. The number of rotatable bonds is 7. The molecule has 0 N–H and O–H groups in total. The quantitative estimate of drug-likeness (QED) is 0.391. The number of aryl methyl sites for hydroxylation is 1. The number of halogens is 1. The lowest BCUT2D eigenvalue weighted by Crippen LogP contribution is -2.39. The first-order chi connectivity index (χ1) is 15.0. The number of anilines is 1. The van der Waals surface area contributed by atoms with Gasteiger partial charge in [-0.3, -0.25) is 0 Å². The number of aromatic nitrogens is 1. The second-order valence-corrected chi connectivity index (χ2v) is 12.0. The van der Waals surface area contributed by atoms with Crippen LogP contribution in [0.5, 0.6) is 0 Å². The van der Waals surface area contributed by atoms with Gasteiger partial charge in [-0.15, -0.1) is 11.3 Å². The number of nitrogens with zero attached hydrogens (tertiary/aromatic N) is 2. The van der Waals surface area contributed by atoms with Crippen molar-refractivity contribution in [1.82, 2.24) is 4.98 Å². The normalized spacial score (nSPS) is 15.4. The summed E-state index contributed by atoms with van der Waals surface area (Å²) in [6.07, 6.45) is 4.37. The molecule has 4 rings (SSSR count). The Hall–Kier alpha value is -1.70. The van der Waals surface area contributed by atoms with Crippen molar-refractivity contribution in [3.05, 3.63) is 75.2 Å². The Morgan fingerprint density at radius 2 is 1.81 bits per heavy atom. The summed E-state index contributed by atoms with van der Waals surface area (Å²) in [6, 6.07) is 15.8. The molecule has 164 valence electrons. The molecule has 0 radical (unpaired) electrons. The molecule has 2 heterocycles. The Bertz CT molecular complexity index is 1120. The SMILES string of the molecule is CCCc1ccc(Cc2csc(N3CCC(S(=O)(=O)c4cccc(Br)c4)CC3)n2)cc1. The predicted octanol–water partition coefficient (Wildman–Crippen LogP) is 5.89.